The van der Waals surface area contributed by atoms with Crippen molar-refractivity contribution in [1.29, 1.82) is 0 Å². The number of ether oxygens (including phenoxy) is 1. The van der Waals surface area contributed by atoms with Crippen LogP contribution in [0.25, 0.3) is 0 Å². The second kappa shape index (κ2) is 6.27. The van der Waals surface area contributed by atoms with E-state index in [0.717, 1.165) is 29.6 Å². The summed E-state index contributed by atoms with van der Waals surface area (Å²) in [6.45, 7) is 7.65. The van der Waals surface area contributed by atoms with Gasteiger partial charge in [0.1, 0.15) is 5.75 Å². The number of anilines is 1. The van der Waals surface area contributed by atoms with E-state index in [0.29, 0.717) is 15.7 Å². The van der Waals surface area contributed by atoms with Gasteiger partial charge in [-0.1, -0.05) is 44.1 Å². The maximum Gasteiger partial charge on any atom is 0.161 e. The Bertz CT molecular complexity index is 511. The van der Waals surface area contributed by atoms with Crippen LogP contribution in [0.5, 0.6) is 5.75 Å². The second-order valence-corrected chi connectivity index (χ2v) is 7.82. The molecule has 1 unspecified atom stereocenters. The smallest absolute Gasteiger partial charge is 0.161 e. The number of benzene rings is 1. The molecule has 1 aromatic carbocycles. The van der Waals surface area contributed by atoms with Gasteiger partial charge in [-0.25, -0.2) is 0 Å². The van der Waals surface area contributed by atoms with E-state index in [1.54, 1.807) is 18.9 Å². The summed E-state index contributed by atoms with van der Waals surface area (Å²) in [4.78, 5) is 4.56. The number of amidine groups is 1. The van der Waals surface area contributed by atoms with E-state index in [1.165, 1.54) is 0 Å². The lowest BCUT2D eigenvalue weighted by Gasteiger charge is -2.21. The van der Waals surface area contributed by atoms with Gasteiger partial charge in [-0.3, -0.25) is 4.99 Å². The number of nitrogens with zero attached hydrogens (tertiary/aromatic N) is 1. The molecule has 1 aliphatic rings. The van der Waals surface area contributed by atoms with E-state index < -0.39 is 0 Å². The quantitative estimate of drug-likeness (QED) is 0.880. The Morgan fingerprint density at radius 3 is 2.85 bits per heavy atom. The highest BCUT2D eigenvalue weighted by molar-refractivity contribution is 8.15. The van der Waals surface area contributed by atoms with Crippen LogP contribution in [-0.4, -0.2) is 24.1 Å². The van der Waals surface area contributed by atoms with Crippen molar-refractivity contribution in [1.82, 2.24) is 0 Å². The molecule has 20 heavy (non-hydrogen) atoms. The summed E-state index contributed by atoms with van der Waals surface area (Å²) in [6.07, 6.45) is 1.15. The zero-order chi connectivity index (χ0) is 14.8. The van der Waals surface area contributed by atoms with Gasteiger partial charge in [0, 0.05) is 11.3 Å². The maximum atomic E-state index is 6.19. The van der Waals surface area contributed by atoms with Crippen LogP contribution in [-0.2, 0) is 0 Å². The Hall–Kier alpha value is -0.870. The molecule has 0 spiro atoms. The molecule has 0 aromatic heterocycles. The van der Waals surface area contributed by atoms with Gasteiger partial charge in [-0.15, -0.1) is 0 Å². The number of hydrogen-bond acceptors (Lipinski definition) is 4. The minimum atomic E-state index is 0.330. The Morgan fingerprint density at radius 1 is 1.45 bits per heavy atom. The number of hydrogen-bond donors (Lipinski definition) is 1. The minimum Gasteiger partial charge on any atom is -0.497 e. The normalized spacial score (nSPS) is 18.9. The van der Waals surface area contributed by atoms with Gasteiger partial charge in [0.2, 0.25) is 0 Å². The van der Waals surface area contributed by atoms with E-state index in [2.05, 4.69) is 31.1 Å². The molecule has 110 valence electrons. The first-order valence-electron chi connectivity index (χ1n) is 6.69. The molecule has 0 aliphatic carbocycles. The van der Waals surface area contributed by atoms with Crippen LogP contribution >= 0.6 is 23.4 Å². The minimum absolute atomic E-state index is 0.330. The number of methoxy groups -OCH3 is 1. The molecule has 0 bridgehead atoms. The van der Waals surface area contributed by atoms with E-state index in [4.69, 9.17) is 16.3 Å². The summed E-state index contributed by atoms with van der Waals surface area (Å²) in [6, 6.07) is 5.57. The largest absolute Gasteiger partial charge is 0.497 e. The number of nitrogens with one attached hydrogen (secondary N) is 1. The molecule has 1 N–H and O–H groups in total. The van der Waals surface area contributed by atoms with Gasteiger partial charge in [0.25, 0.3) is 0 Å². The average molecular weight is 313 g/mol. The molecule has 0 radical (unpaired) electrons. The van der Waals surface area contributed by atoms with Gasteiger partial charge in [0.15, 0.2) is 5.17 Å². The molecule has 0 saturated heterocycles. The number of aliphatic imine (C=N–C) groups is 1. The summed E-state index contributed by atoms with van der Waals surface area (Å²) in [5, 5.41) is 5.46. The number of halogens is 1. The van der Waals surface area contributed by atoms with Crippen molar-refractivity contribution in [2.45, 2.75) is 32.4 Å². The zero-order valence-corrected chi connectivity index (χ0v) is 13.9. The molecular formula is C15H21ClN2OS. The fourth-order valence-electron chi connectivity index (χ4n) is 2.12. The monoisotopic (exact) mass is 312 g/mol. The van der Waals surface area contributed by atoms with Crippen molar-refractivity contribution in [3.8, 4) is 5.75 Å². The molecule has 1 heterocycles. The molecule has 3 nitrogen and oxygen atoms in total. The Labute approximate surface area is 130 Å². The zero-order valence-electron chi connectivity index (χ0n) is 12.4. The van der Waals surface area contributed by atoms with Crippen LogP contribution in [0.2, 0.25) is 5.02 Å². The van der Waals surface area contributed by atoms with Crippen molar-refractivity contribution >= 4 is 34.2 Å². The number of thioether (sulfide) groups is 1. The fraction of sp³-hybridized carbons (Fsp3) is 0.533. The van der Waals surface area contributed by atoms with Crippen LogP contribution in [0.3, 0.4) is 0 Å². The summed E-state index contributed by atoms with van der Waals surface area (Å²) >= 11 is 7.99. The maximum absolute atomic E-state index is 6.19. The topological polar surface area (TPSA) is 33.6 Å². The lowest BCUT2D eigenvalue weighted by molar-refractivity contribution is 0.375. The second-order valence-electron chi connectivity index (χ2n) is 6.12. The van der Waals surface area contributed by atoms with Crippen LogP contribution in [0.4, 0.5) is 5.69 Å². The van der Waals surface area contributed by atoms with Gasteiger partial charge >= 0.3 is 0 Å². The highest BCUT2D eigenvalue weighted by Gasteiger charge is 2.25. The third-order valence-corrected chi connectivity index (χ3v) is 4.41. The standard InChI is InChI=1S/C15H21ClN2OS/c1-15(2,3)8-11-9-17-14(20-11)18-13-7-10(19-4)5-6-12(13)16/h5-7,11H,8-9H2,1-4H3,(H,17,18). The van der Waals surface area contributed by atoms with Crippen molar-refractivity contribution in [2.75, 3.05) is 19.0 Å². The predicted octanol–water partition coefficient (Wildman–Crippen LogP) is 4.67. The molecule has 2 rings (SSSR count). The van der Waals surface area contributed by atoms with E-state index >= 15 is 0 Å². The molecular weight excluding hydrogens is 292 g/mol. The van der Waals surface area contributed by atoms with E-state index in [9.17, 15) is 0 Å². The SMILES string of the molecule is COc1ccc(Cl)c(NC2=NCC(CC(C)(C)C)S2)c1. The Kier molecular flexibility index (Phi) is 4.86. The Balaban J connectivity index is 1.98. The molecule has 0 fully saturated rings. The van der Waals surface area contributed by atoms with Crippen LogP contribution in [0.1, 0.15) is 27.2 Å². The first kappa shape index (κ1) is 15.5. The first-order valence-corrected chi connectivity index (χ1v) is 7.95. The summed E-state index contributed by atoms with van der Waals surface area (Å²) < 4.78 is 5.22. The molecule has 0 amide bonds. The third-order valence-electron chi connectivity index (χ3n) is 2.97. The first-order chi connectivity index (χ1) is 9.37. The summed E-state index contributed by atoms with van der Waals surface area (Å²) in [5.41, 5.74) is 1.17. The summed E-state index contributed by atoms with van der Waals surface area (Å²) in [7, 11) is 1.65. The average Bonchev–Trinajstić information content (AvgIpc) is 2.77. The van der Waals surface area contributed by atoms with E-state index in [-0.39, 0.29) is 0 Å². The number of rotatable bonds is 3. The lowest BCUT2D eigenvalue weighted by Crippen LogP contribution is -2.16. The predicted molar refractivity (Wildman–Crippen MR) is 89.4 cm³/mol. The third kappa shape index (κ3) is 4.32. The van der Waals surface area contributed by atoms with Gasteiger partial charge in [-0.05, 0) is 24.0 Å². The summed E-state index contributed by atoms with van der Waals surface area (Å²) in [5.74, 6) is 0.784. The van der Waals surface area contributed by atoms with Gasteiger partial charge in [0.05, 0.1) is 24.4 Å². The molecule has 1 atom stereocenters. The lowest BCUT2D eigenvalue weighted by atomic mass is 9.90. The fourth-order valence-corrected chi connectivity index (χ4v) is 3.65. The van der Waals surface area contributed by atoms with Gasteiger partial charge < -0.3 is 10.1 Å². The molecule has 5 heteroatoms. The van der Waals surface area contributed by atoms with Crippen molar-refractivity contribution in [3.63, 3.8) is 0 Å². The van der Waals surface area contributed by atoms with Gasteiger partial charge in [-0.2, -0.15) is 0 Å². The highest BCUT2D eigenvalue weighted by Crippen LogP contribution is 2.34. The van der Waals surface area contributed by atoms with Crippen molar-refractivity contribution < 1.29 is 4.74 Å². The Morgan fingerprint density at radius 2 is 2.20 bits per heavy atom. The molecule has 1 aliphatic heterocycles. The van der Waals surface area contributed by atoms with Crippen LogP contribution in [0.15, 0.2) is 23.2 Å². The van der Waals surface area contributed by atoms with Crippen LogP contribution < -0.4 is 10.1 Å². The van der Waals surface area contributed by atoms with Crippen molar-refractivity contribution in [2.24, 2.45) is 10.4 Å². The molecule has 0 saturated carbocycles. The highest BCUT2D eigenvalue weighted by atomic mass is 35.5. The molecule has 1 aromatic rings. The van der Waals surface area contributed by atoms with Crippen molar-refractivity contribution in [3.05, 3.63) is 23.2 Å². The van der Waals surface area contributed by atoms with E-state index in [1.807, 2.05) is 18.2 Å². The van der Waals surface area contributed by atoms with Crippen LogP contribution in [0, 0.1) is 5.41 Å².